The Balaban J connectivity index is 1.66. The fourth-order valence-electron chi connectivity index (χ4n) is 4.99. The van der Waals surface area contributed by atoms with E-state index >= 15 is 0 Å². The molecule has 1 saturated carbocycles. The second kappa shape index (κ2) is 8.61. The van der Waals surface area contributed by atoms with Gasteiger partial charge < -0.3 is 5.73 Å². The fourth-order valence-corrected chi connectivity index (χ4v) is 4.99. The van der Waals surface area contributed by atoms with Gasteiger partial charge >= 0.3 is 6.18 Å². The van der Waals surface area contributed by atoms with Gasteiger partial charge in [0.2, 0.25) is 0 Å². The Bertz CT molecular complexity index is 957. The van der Waals surface area contributed by atoms with Gasteiger partial charge in [0, 0.05) is 36.0 Å². The average molecular weight is 457 g/mol. The maximum atomic E-state index is 13.3. The van der Waals surface area contributed by atoms with Gasteiger partial charge in [-0.05, 0) is 56.7 Å². The van der Waals surface area contributed by atoms with Gasteiger partial charge in [0.25, 0.3) is 6.43 Å². The van der Waals surface area contributed by atoms with E-state index in [4.69, 9.17) is 5.73 Å². The van der Waals surface area contributed by atoms with Crippen molar-refractivity contribution in [1.82, 2.24) is 19.7 Å². The third-order valence-electron chi connectivity index (χ3n) is 6.84. The zero-order valence-electron chi connectivity index (χ0n) is 18.1. The standard InChI is InChI=1S/C22H28F5N5/c1-3-12(2)32-18(20-14-5-4-6-31(10-15(14)20)11-19(23)24)8-17(30-32)13-7-16(22(25,26)27)21(28)29-9-13/h7-9,12,14-15,19-20H,3-6,10-11H2,1-2H3,(H2,28,29). The summed E-state index contributed by atoms with van der Waals surface area (Å²) < 4.78 is 67.7. The monoisotopic (exact) mass is 457 g/mol. The number of alkyl halides is 5. The molecule has 0 radical (unpaired) electrons. The van der Waals surface area contributed by atoms with Crippen LogP contribution in [0.15, 0.2) is 18.3 Å². The lowest BCUT2D eigenvalue weighted by molar-refractivity contribution is -0.137. The van der Waals surface area contributed by atoms with Crippen molar-refractivity contribution in [3.05, 3.63) is 29.6 Å². The van der Waals surface area contributed by atoms with Crippen LogP contribution in [0.5, 0.6) is 0 Å². The zero-order valence-corrected chi connectivity index (χ0v) is 18.1. The van der Waals surface area contributed by atoms with Crippen LogP contribution in [0.25, 0.3) is 11.3 Å². The molecule has 0 aromatic carbocycles. The molecule has 2 N–H and O–H groups in total. The van der Waals surface area contributed by atoms with Gasteiger partial charge in [-0.3, -0.25) is 9.58 Å². The zero-order chi connectivity index (χ0) is 23.2. The lowest BCUT2D eigenvalue weighted by atomic mass is 10.1. The average Bonchev–Trinajstić information content (AvgIpc) is 3.26. The van der Waals surface area contributed by atoms with E-state index in [1.807, 2.05) is 29.5 Å². The lowest BCUT2D eigenvalue weighted by Crippen LogP contribution is -2.31. The molecule has 10 heteroatoms. The van der Waals surface area contributed by atoms with E-state index in [2.05, 4.69) is 10.1 Å². The van der Waals surface area contributed by atoms with Crippen molar-refractivity contribution in [1.29, 1.82) is 0 Å². The Morgan fingerprint density at radius 2 is 1.97 bits per heavy atom. The third-order valence-corrected chi connectivity index (χ3v) is 6.84. The van der Waals surface area contributed by atoms with E-state index in [1.165, 1.54) is 6.20 Å². The Labute approximate surface area is 183 Å². The highest BCUT2D eigenvalue weighted by Gasteiger charge is 2.53. The minimum absolute atomic E-state index is 0.0598. The van der Waals surface area contributed by atoms with Gasteiger partial charge in [0.05, 0.1) is 17.8 Å². The van der Waals surface area contributed by atoms with Gasteiger partial charge in [-0.1, -0.05) is 6.92 Å². The molecule has 2 fully saturated rings. The number of likely N-dealkylation sites (tertiary alicyclic amines) is 1. The molecule has 2 aromatic rings. The number of pyridine rings is 1. The summed E-state index contributed by atoms with van der Waals surface area (Å²) in [6, 6.07) is 2.89. The van der Waals surface area contributed by atoms with Gasteiger partial charge in [-0.15, -0.1) is 0 Å². The van der Waals surface area contributed by atoms with Crippen LogP contribution >= 0.6 is 0 Å². The molecule has 0 spiro atoms. The molecule has 2 aliphatic rings. The number of nitrogen functional groups attached to an aromatic ring is 1. The van der Waals surface area contributed by atoms with E-state index in [0.717, 1.165) is 31.0 Å². The Kier molecular flexibility index (Phi) is 6.17. The van der Waals surface area contributed by atoms with E-state index in [0.29, 0.717) is 24.7 Å². The summed E-state index contributed by atoms with van der Waals surface area (Å²) in [6.07, 6.45) is -3.02. The molecule has 0 bridgehead atoms. The number of hydrogen-bond acceptors (Lipinski definition) is 4. The van der Waals surface area contributed by atoms with Crippen LogP contribution in [0, 0.1) is 11.8 Å². The smallest absolute Gasteiger partial charge is 0.383 e. The van der Waals surface area contributed by atoms with E-state index < -0.39 is 24.0 Å². The normalized spacial score (nSPS) is 24.9. The van der Waals surface area contributed by atoms with Crippen molar-refractivity contribution < 1.29 is 22.0 Å². The Morgan fingerprint density at radius 3 is 2.62 bits per heavy atom. The molecule has 4 atom stereocenters. The number of nitrogens with two attached hydrogens (primary N) is 1. The van der Waals surface area contributed by atoms with Gasteiger partial charge in [-0.2, -0.15) is 18.3 Å². The number of halogens is 5. The van der Waals surface area contributed by atoms with Crippen LogP contribution in [0.3, 0.4) is 0 Å². The quantitative estimate of drug-likeness (QED) is 0.605. The summed E-state index contributed by atoms with van der Waals surface area (Å²) in [5.41, 5.74) is 6.11. The van der Waals surface area contributed by atoms with Crippen molar-refractivity contribution in [2.75, 3.05) is 25.4 Å². The van der Waals surface area contributed by atoms with Crippen LogP contribution < -0.4 is 5.73 Å². The van der Waals surface area contributed by atoms with Crippen LogP contribution in [0.2, 0.25) is 0 Å². The third kappa shape index (κ3) is 4.46. The largest absolute Gasteiger partial charge is 0.419 e. The number of anilines is 1. The summed E-state index contributed by atoms with van der Waals surface area (Å²) in [6.45, 7) is 5.12. The van der Waals surface area contributed by atoms with Gasteiger partial charge in [0.15, 0.2) is 0 Å². The molecular formula is C22H28F5N5. The molecule has 5 nitrogen and oxygen atoms in total. The predicted molar refractivity (Wildman–Crippen MR) is 111 cm³/mol. The molecule has 3 heterocycles. The molecule has 176 valence electrons. The Hall–Kier alpha value is -2.23. The maximum absolute atomic E-state index is 13.3. The van der Waals surface area contributed by atoms with Crippen molar-refractivity contribution in [3.63, 3.8) is 0 Å². The highest BCUT2D eigenvalue weighted by Crippen LogP contribution is 2.58. The minimum Gasteiger partial charge on any atom is -0.383 e. The van der Waals surface area contributed by atoms with E-state index in [-0.39, 0.29) is 30.0 Å². The van der Waals surface area contributed by atoms with Crippen LogP contribution in [0.1, 0.15) is 56.3 Å². The Morgan fingerprint density at radius 1 is 1.22 bits per heavy atom. The second-order valence-electron chi connectivity index (χ2n) is 8.96. The summed E-state index contributed by atoms with van der Waals surface area (Å²) >= 11 is 0. The molecule has 4 unspecified atom stereocenters. The molecule has 4 rings (SSSR count). The highest BCUT2D eigenvalue weighted by atomic mass is 19.4. The lowest BCUT2D eigenvalue weighted by Gasteiger charge is -2.21. The van der Waals surface area contributed by atoms with E-state index in [9.17, 15) is 22.0 Å². The number of aromatic nitrogens is 3. The fraction of sp³-hybridized carbons (Fsp3) is 0.636. The molecule has 0 amide bonds. The molecule has 2 aromatic heterocycles. The number of hydrogen-bond donors (Lipinski definition) is 1. The van der Waals surface area contributed by atoms with Crippen molar-refractivity contribution in [2.24, 2.45) is 11.8 Å². The summed E-state index contributed by atoms with van der Waals surface area (Å²) in [4.78, 5) is 5.57. The van der Waals surface area contributed by atoms with Crippen LogP contribution in [0.4, 0.5) is 27.8 Å². The minimum atomic E-state index is -4.60. The molecule has 1 aliphatic heterocycles. The van der Waals surface area contributed by atoms with Crippen molar-refractivity contribution >= 4 is 5.82 Å². The molecular weight excluding hydrogens is 429 g/mol. The summed E-state index contributed by atoms with van der Waals surface area (Å²) in [7, 11) is 0. The molecule has 1 saturated heterocycles. The van der Waals surface area contributed by atoms with Crippen molar-refractivity contribution in [3.8, 4) is 11.3 Å². The second-order valence-corrected chi connectivity index (χ2v) is 8.96. The topological polar surface area (TPSA) is 60.0 Å². The number of rotatable bonds is 6. The highest BCUT2D eigenvalue weighted by molar-refractivity contribution is 5.63. The van der Waals surface area contributed by atoms with Crippen LogP contribution in [-0.2, 0) is 6.18 Å². The SMILES string of the molecule is CCC(C)n1nc(-c2cnc(N)c(C(F)(F)F)c2)cc1C1C2CCCN(CC(F)F)CC21. The first-order valence-electron chi connectivity index (χ1n) is 11.0. The first-order chi connectivity index (χ1) is 15.1. The van der Waals surface area contributed by atoms with Gasteiger partial charge in [-0.25, -0.2) is 13.8 Å². The van der Waals surface area contributed by atoms with Crippen LogP contribution in [-0.4, -0.2) is 45.7 Å². The molecule has 1 aliphatic carbocycles. The summed E-state index contributed by atoms with van der Waals surface area (Å²) in [5, 5.41) is 4.65. The first kappa shape index (κ1) is 22.9. The molecule has 32 heavy (non-hydrogen) atoms. The number of nitrogens with zero attached hydrogens (tertiary/aromatic N) is 4. The predicted octanol–water partition coefficient (Wildman–Crippen LogP) is 5.21. The van der Waals surface area contributed by atoms with E-state index in [1.54, 1.807) is 0 Å². The summed E-state index contributed by atoms with van der Waals surface area (Å²) in [5.74, 6) is 0.264. The first-order valence-corrected chi connectivity index (χ1v) is 11.0. The van der Waals surface area contributed by atoms with Crippen molar-refractivity contribution in [2.45, 2.75) is 57.7 Å². The number of fused-ring (bicyclic) bond motifs is 1. The maximum Gasteiger partial charge on any atom is 0.419 e. The van der Waals surface area contributed by atoms with Gasteiger partial charge in [0.1, 0.15) is 5.82 Å².